The minimum Gasteiger partial charge on any atom is -0.370 e. The van der Waals surface area contributed by atoms with Crippen LogP contribution in [-0.2, 0) is 29.3 Å². The summed E-state index contributed by atoms with van der Waals surface area (Å²) in [5.41, 5.74) is 4.78. The van der Waals surface area contributed by atoms with Crippen LogP contribution in [0.5, 0.6) is 0 Å². The van der Waals surface area contributed by atoms with E-state index < -0.39 is 15.3 Å². The Kier molecular flexibility index (Phi) is 4.92. The number of hydrogen-bond acceptors (Lipinski definition) is 3. The van der Waals surface area contributed by atoms with Gasteiger partial charge in [0.05, 0.1) is 5.25 Å². The van der Waals surface area contributed by atoms with Crippen LogP contribution >= 0.6 is 0 Å². The van der Waals surface area contributed by atoms with E-state index in [9.17, 15) is 8.42 Å². The Bertz CT molecular complexity index is 800. The number of para-hydroxylation sites is 1. The summed E-state index contributed by atoms with van der Waals surface area (Å²) < 4.78 is 23.7. The lowest BCUT2D eigenvalue weighted by Gasteiger charge is -2.35. The second-order valence-electron chi connectivity index (χ2n) is 6.41. The van der Waals surface area contributed by atoms with Gasteiger partial charge in [-0.1, -0.05) is 49.4 Å². The van der Waals surface area contributed by atoms with Crippen molar-refractivity contribution < 1.29 is 8.42 Å². The normalized spacial score (nSPS) is 17.6. The van der Waals surface area contributed by atoms with Gasteiger partial charge in [0, 0.05) is 18.8 Å². The molecule has 2 aromatic rings. The van der Waals surface area contributed by atoms with Gasteiger partial charge in [-0.25, -0.2) is 13.6 Å². The summed E-state index contributed by atoms with van der Waals surface area (Å²) in [6.45, 7) is 3.39. The molecule has 128 valence electrons. The van der Waals surface area contributed by atoms with E-state index in [-0.39, 0.29) is 0 Å². The maximum Gasteiger partial charge on any atom is 0.214 e. The molecule has 0 fully saturated rings. The Balaban J connectivity index is 1.77. The van der Waals surface area contributed by atoms with Crippen LogP contribution < -0.4 is 10.0 Å². The van der Waals surface area contributed by atoms with Crippen LogP contribution in [-0.4, -0.2) is 26.8 Å². The molecule has 1 aliphatic heterocycles. The molecule has 3 rings (SSSR count). The number of nitrogens with zero attached hydrogens (tertiary/aromatic N) is 1. The van der Waals surface area contributed by atoms with Crippen molar-refractivity contribution in [1.29, 1.82) is 0 Å². The first kappa shape index (κ1) is 17.0. The third-order valence-corrected chi connectivity index (χ3v) is 6.02. The molecule has 2 N–H and O–H groups in total. The summed E-state index contributed by atoms with van der Waals surface area (Å²) in [5.74, 6) is 0. The number of hydrogen-bond donors (Lipinski definition) is 1. The summed E-state index contributed by atoms with van der Waals surface area (Å²) in [4.78, 5) is 2.15. The quantitative estimate of drug-likeness (QED) is 0.906. The van der Waals surface area contributed by atoms with E-state index in [1.165, 1.54) is 11.1 Å². The molecule has 0 radical (unpaired) electrons. The number of fused-ring (bicyclic) bond motifs is 1. The molecule has 0 saturated carbocycles. The van der Waals surface area contributed by atoms with Crippen molar-refractivity contribution in [3.8, 4) is 0 Å². The minimum atomic E-state index is -3.54. The van der Waals surface area contributed by atoms with Crippen LogP contribution in [0.15, 0.2) is 48.5 Å². The predicted octanol–water partition coefficient (Wildman–Crippen LogP) is 2.51. The van der Waals surface area contributed by atoms with Crippen molar-refractivity contribution >= 4 is 15.7 Å². The van der Waals surface area contributed by atoms with Crippen molar-refractivity contribution in [2.24, 2.45) is 5.14 Å². The standard InChI is InChI=1S/C19H24N2O2S/c1-2-15-7-9-16(10-8-15)11-12-21-14-18(24(20,22)23)13-17-5-3-4-6-19(17)21/h3-10,18H,2,11-14H2,1H3,(H2,20,22,23). The largest absolute Gasteiger partial charge is 0.370 e. The fourth-order valence-electron chi connectivity index (χ4n) is 3.28. The third-order valence-electron chi connectivity index (χ3n) is 4.77. The fourth-order valence-corrected chi connectivity index (χ4v) is 4.08. The highest BCUT2D eigenvalue weighted by atomic mass is 32.2. The third kappa shape index (κ3) is 3.79. The van der Waals surface area contributed by atoms with Crippen molar-refractivity contribution in [1.82, 2.24) is 0 Å². The molecule has 5 heteroatoms. The van der Waals surface area contributed by atoms with Crippen LogP contribution in [0.25, 0.3) is 0 Å². The van der Waals surface area contributed by atoms with Crippen molar-refractivity contribution in [2.75, 3.05) is 18.0 Å². The molecule has 4 nitrogen and oxygen atoms in total. The van der Waals surface area contributed by atoms with Gasteiger partial charge in [-0.05, 0) is 42.0 Å². The molecule has 1 atom stereocenters. The zero-order valence-corrected chi connectivity index (χ0v) is 14.8. The Morgan fingerprint density at radius 2 is 1.75 bits per heavy atom. The summed E-state index contributed by atoms with van der Waals surface area (Å²) in [6.07, 6.45) is 2.42. The number of aryl methyl sites for hydroxylation is 1. The van der Waals surface area contributed by atoms with Gasteiger partial charge >= 0.3 is 0 Å². The van der Waals surface area contributed by atoms with Gasteiger partial charge in [-0.3, -0.25) is 0 Å². The van der Waals surface area contributed by atoms with Gasteiger partial charge in [-0.15, -0.1) is 0 Å². The first-order valence-electron chi connectivity index (χ1n) is 8.39. The molecule has 0 saturated heterocycles. The second-order valence-corrected chi connectivity index (χ2v) is 8.25. The molecular formula is C19H24N2O2S. The van der Waals surface area contributed by atoms with Crippen LogP contribution in [0.2, 0.25) is 0 Å². The molecule has 24 heavy (non-hydrogen) atoms. The zero-order valence-electron chi connectivity index (χ0n) is 14.0. The Labute approximate surface area is 144 Å². The number of benzene rings is 2. The van der Waals surface area contributed by atoms with Gasteiger partial charge < -0.3 is 4.90 Å². The molecule has 1 heterocycles. The monoisotopic (exact) mass is 344 g/mol. The zero-order chi connectivity index (χ0) is 17.2. The smallest absolute Gasteiger partial charge is 0.214 e. The lowest BCUT2D eigenvalue weighted by molar-refractivity contribution is 0.569. The summed E-state index contributed by atoms with van der Waals surface area (Å²) in [5, 5.41) is 4.88. The molecule has 0 aromatic heterocycles. The van der Waals surface area contributed by atoms with Gasteiger partial charge in [0.1, 0.15) is 0 Å². The Morgan fingerprint density at radius 3 is 2.42 bits per heavy atom. The van der Waals surface area contributed by atoms with E-state index >= 15 is 0 Å². The summed E-state index contributed by atoms with van der Waals surface area (Å²) in [6, 6.07) is 16.6. The molecule has 0 bridgehead atoms. The van der Waals surface area contributed by atoms with Crippen LogP contribution in [0.1, 0.15) is 23.6 Å². The molecule has 1 aliphatic rings. The molecule has 2 aromatic carbocycles. The summed E-state index contributed by atoms with van der Waals surface area (Å²) in [7, 11) is -3.54. The SMILES string of the molecule is CCc1ccc(CCN2CC(S(N)(=O)=O)Cc3ccccc32)cc1. The topological polar surface area (TPSA) is 63.4 Å². The average molecular weight is 344 g/mol. The lowest BCUT2D eigenvalue weighted by Crippen LogP contribution is -2.45. The molecule has 0 spiro atoms. The van der Waals surface area contributed by atoms with Gasteiger partial charge in [0.25, 0.3) is 0 Å². The van der Waals surface area contributed by atoms with Gasteiger partial charge in [0.2, 0.25) is 10.0 Å². The van der Waals surface area contributed by atoms with E-state index in [0.717, 1.165) is 30.6 Å². The predicted molar refractivity (Wildman–Crippen MR) is 98.8 cm³/mol. The average Bonchev–Trinajstić information content (AvgIpc) is 2.59. The first-order valence-corrected chi connectivity index (χ1v) is 10.0. The molecular weight excluding hydrogens is 320 g/mol. The Morgan fingerprint density at radius 1 is 1.08 bits per heavy atom. The molecule has 1 unspecified atom stereocenters. The van der Waals surface area contributed by atoms with Crippen LogP contribution in [0.3, 0.4) is 0 Å². The lowest BCUT2D eigenvalue weighted by atomic mass is 10.0. The van der Waals surface area contributed by atoms with Crippen LogP contribution in [0, 0.1) is 0 Å². The van der Waals surface area contributed by atoms with Crippen molar-refractivity contribution in [3.63, 3.8) is 0 Å². The number of nitrogens with two attached hydrogens (primary N) is 1. The van der Waals surface area contributed by atoms with Crippen molar-refractivity contribution in [3.05, 3.63) is 65.2 Å². The number of sulfonamides is 1. The first-order chi connectivity index (χ1) is 11.5. The second kappa shape index (κ2) is 6.95. The number of primary sulfonamides is 1. The van der Waals surface area contributed by atoms with Crippen LogP contribution in [0.4, 0.5) is 5.69 Å². The Hall–Kier alpha value is -1.85. The maximum absolute atomic E-state index is 11.8. The summed E-state index contributed by atoms with van der Waals surface area (Å²) >= 11 is 0. The number of anilines is 1. The van der Waals surface area contributed by atoms with Gasteiger partial charge in [0.15, 0.2) is 0 Å². The van der Waals surface area contributed by atoms with Gasteiger partial charge in [-0.2, -0.15) is 0 Å². The van der Waals surface area contributed by atoms with E-state index in [0.29, 0.717) is 13.0 Å². The van der Waals surface area contributed by atoms with E-state index in [1.54, 1.807) is 0 Å². The fraction of sp³-hybridized carbons (Fsp3) is 0.368. The van der Waals surface area contributed by atoms with Crippen molar-refractivity contribution in [2.45, 2.75) is 31.4 Å². The highest BCUT2D eigenvalue weighted by Crippen LogP contribution is 2.29. The van der Waals surface area contributed by atoms with E-state index in [2.05, 4.69) is 42.2 Å². The maximum atomic E-state index is 11.8. The minimum absolute atomic E-state index is 0.461. The molecule has 0 aliphatic carbocycles. The molecule has 0 amide bonds. The highest BCUT2D eigenvalue weighted by molar-refractivity contribution is 7.89. The highest BCUT2D eigenvalue weighted by Gasteiger charge is 2.30. The number of rotatable bonds is 5. The van der Waals surface area contributed by atoms with E-state index in [1.807, 2.05) is 18.2 Å². The van der Waals surface area contributed by atoms with E-state index in [4.69, 9.17) is 5.14 Å².